The van der Waals surface area contributed by atoms with Crippen molar-refractivity contribution in [2.75, 3.05) is 26.2 Å². The Morgan fingerprint density at radius 2 is 1.69 bits per heavy atom. The van der Waals surface area contributed by atoms with Gasteiger partial charge in [-0.05, 0) is 51.8 Å². The van der Waals surface area contributed by atoms with Crippen LogP contribution in [0.5, 0.6) is 0 Å². The number of amides is 1. The fourth-order valence-electron chi connectivity index (χ4n) is 2.14. The van der Waals surface area contributed by atoms with Gasteiger partial charge in [0, 0.05) is 26.2 Å². The lowest BCUT2D eigenvalue weighted by molar-refractivity contribution is 0.0529. The second-order valence-corrected chi connectivity index (χ2v) is 8.62. The highest BCUT2D eigenvalue weighted by Crippen LogP contribution is 2.09. The van der Waals surface area contributed by atoms with Crippen LogP contribution in [0.3, 0.4) is 0 Å². The van der Waals surface area contributed by atoms with Gasteiger partial charge in [0.2, 0.25) is 10.0 Å². The number of carbonyl (C=O) groups excluding carboxylic acids is 1. The number of nitrogens with zero attached hydrogens (tertiary/aromatic N) is 1. The smallest absolute Gasteiger partial charge is 0.407 e. The van der Waals surface area contributed by atoms with E-state index in [9.17, 15) is 13.2 Å². The van der Waals surface area contributed by atoms with Crippen LogP contribution in [-0.2, 0) is 21.2 Å². The van der Waals surface area contributed by atoms with E-state index in [2.05, 4.69) is 20.9 Å². The molecular formula is C18H32IN5O4S. The zero-order chi connectivity index (χ0) is 21.2. The Labute approximate surface area is 190 Å². The summed E-state index contributed by atoms with van der Waals surface area (Å²) in [6.07, 6.45) is 0.191. The Bertz CT molecular complexity index is 761. The van der Waals surface area contributed by atoms with Crippen molar-refractivity contribution in [3.05, 3.63) is 29.8 Å². The molecule has 0 saturated heterocycles. The Morgan fingerprint density at radius 3 is 2.21 bits per heavy atom. The summed E-state index contributed by atoms with van der Waals surface area (Å²) in [5.41, 5.74) is 0.430. The third-order valence-corrected chi connectivity index (χ3v) is 4.28. The summed E-state index contributed by atoms with van der Waals surface area (Å²) in [6, 6.07) is 6.42. The predicted molar refractivity (Wildman–Crippen MR) is 125 cm³/mol. The summed E-state index contributed by atoms with van der Waals surface area (Å²) in [5, 5.41) is 14.0. The van der Waals surface area contributed by atoms with Crippen LogP contribution in [0.15, 0.2) is 34.2 Å². The normalized spacial score (nSPS) is 12.0. The third-order valence-electron chi connectivity index (χ3n) is 3.35. The van der Waals surface area contributed by atoms with Crippen LogP contribution in [0.4, 0.5) is 4.79 Å². The van der Waals surface area contributed by atoms with Crippen molar-refractivity contribution in [1.29, 1.82) is 0 Å². The molecule has 0 aliphatic carbocycles. The average molecular weight is 541 g/mol. The van der Waals surface area contributed by atoms with Gasteiger partial charge in [-0.1, -0.05) is 12.1 Å². The first-order chi connectivity index (χ1) is 13.0. The first kappa shape index (κ1) is 27.4. The molecule has 29 heavy (non-hydrogen) atoms. The van der Waals surface area contributed by atoms with Crippen molar-refractivity contribution in [3.63, 3.8) is 0 Å². The monoisotopic (exact) mass is 541 g/mol. The number of guanidine groups is 1. The summed E-state index contributed by atoms with van der Waals surface area (Å²) in [7, 11) is -3.68. The standard InChI is InChI=1S/C18H31N5O4S.HI/c1-5-20-16(22-12-13-23-17(24)27-18(2,3)4)21-11-10-14-6-8-15(9-7-14)28(19,25)26;/h6-9H,5,10-13H2,1-4H3,(H,23,24)(H2,19,25,26)(H2,20,21,22);1H. The molecule has 9 nitrogen and oxygen atoms in total. The number of benzene rings is 1. The van der Waals surface area contributed by atoms with Gasteiger partial charge in [0.05, 0.1) is 4.90 Å². The molecule has 1 aromatic rings. The van der Waals surface area contributed by atoms with Gasteiger partial charge in [0.25, 0.3) is 0 Å². The quantitative estimate of drug-likeness (QED) is 0.171. The maximum Gasteiger partial charge on any atom is 0.407 e. The molecule has 0 aromatic heterocycles. The van der Waals surface area contributed by atoms with Gasteiger partial charge in [0.1, 0.15) is 5.60 Å². The number of alkyl carbamates (subject to hydrolysis) is 1. The van der Waals surface area contributed by atoms with Crippen LogP contribution < -0.4 is 21.1 Å². The molecule has 0 aliphatic rings. The molecular weight excluding hydrogens is 509 g/mol. The van der Waals surface area contributed by atoms with E-state index < -0.39 is 21.7 Å². The van der Waals surface area contributed by atoms with E-state index in [1.165, 1.54) is 12.1 Å². The van der Waals surface area contributed by atoms with Gasteiger partial charge < -0.3 is 20.7 Å². The van der Waals surface area contributed by atoms with Crippen LogP contribution in [0, 0.1) is 0 Å². The summed E-state index contributed by atoms with van der Waals surface area (Å²) >= 11 is 0. The van der Waals surface area contributed by atoms with Crippen molar-refractivity contribution in [2.45, 2.75) is 44.6 Å². The number of hydrogen-bond acceptors (Lipinski definition) is 5. The fraction of sp³-hybridized carbons (Fsp3) is 0.556. The number of carbonyl (C=O) groups is 1. The van der Waals surface area contributed by atoms with Crippen LogP contribution in [0.2, 0.25) is 0 Å². The van der Waals surface area contributed by atoms with E-state index in [-0.39, 0.29) is 28.9 Å². The van der Waals surface area contributed by atoms with E-state index in [1.54, 1.807) is 12.1 Å². The Balaban J connectivity index is 0.00000784. The Kier molecular flexibility index (Phi) is 12.1. The minimum Gasteiger partial charge on any atom is -0.444 e. The lowest BCUT2D eigenvalue weighted by atomic mass is 10.1. The van der Waals surface area contributed by atoms with Crippen LogP contribution in [0.25, 0.3) is 0 Å². The lowest BCUT2D eigenvalue weighted by Gasteiger charge is -2.19. The number of rotatable bonds is 8. The van der Waals surface area contributed by atoms with Gasteiger partial charge >= 0.3 is 6.09 Å². The first-order valence-electron chi connectivity index (χ1n) is 9.12. The largest absolute Gasteiger partial charge is 0.444 e. The van der Waals surface area contributed by atoms with Gasteiger partial charge in [-0.2, -0.15) is 0 Å². The summed E-state index contributed by atoms with van der Waals surface area (Å²) in [6.45, 7) is 9.50. The molecule has 0 fully saturated rings. The van der Waals surface area contributed by atoms with E-state index >= 15 is 0 Å². The molecule has 1 amide bonds. The number of nitrogens with one attached hydrogen (secondary N) is 3. The highest BCUT2D eigenvalue weighted by molar-refractivity contribution is 14.0. The van der Waals surface area contributed by atoms with Gasteiger partial charge in [0.15, 0.2) is 5.96 Å². The SMILES string of the molecule is CCNC(=NCCc1ccc(S(N)(=O)=O)cc1)NCCNC(=O)OC(C)(C)C.I. The number of hydrogen-bond donors (Lipinski definition) is 4. The third kappa shape index (κ3) is 12.5. The summed E-state index contributed by atoms with van der Waals surface area (Å²) in [4.78, 5) is 16.1. The number of aliphatic imine (C=N–C) groups is 1. The number of ether oxygens (including phenoxy) is 1. The maximum atomic E-state index is 11.6. The van der Waals surface area contributed by atoms with E-state index in [1.807, 2.05) is 27.7 Å². The zero-order valence-corrected chi connectivity index (χ0v) is 20.5. The highest BCUT2D eigenvalue weighted by Gasteiger charge is 2.15. The molecule has 0 bridgehead atoms. The molecule has 0 heterocycles. The fourth-order valence-corrected chi connectivity index (χ4v) is 2.66. The van der Waals surface area contributed by atoms with Crippen molar-refractivity contribution < 1.29 is 17.9 Å². The predicted octanol–water partition coefficient (Wildman–Crippen LogP) is 1.57. The van der Waals surface area contributed by atoms with Gasteiger partial charge in [-0.15, -0.1) is 24.0 Å². The minimum atomic E-state index is -3.68. The topological polar surface area (TPSA) is 135 Å². The molecule has 1 rings (SSSR count). The van der Waals surface area contributed by atoms with Crippen molar-refractivity contribution in [1.82, 2.24) is 16.0 Å². The number of halogens is 1. The Morgan fingerprint density at radius 1 is 1.10 bits per heavy atom. The molecule has 166 valence electrons. The molecule has 0 atom stereocenters. The van der Waals surface area contributed by atoms with Gasteiger partial charge in [-0.3, -0.25) is 4.99 Å². The number of nitrogens with two attached hydrogens (primary N) is 1. The van der Waals surface area contributed by atoms with Gasteiger partial charge in [-0.25, -0.2) is 18.4 Å². The van der Waals surface area contributed by atoms with E-state index in [0.29, 0.717) is 38.6 Å². The molecule has 0 radical (unpaired) electrons. The van der Waals surface area contributed by atoms with Crippen molar-refractivity contribution >= 4 is 46.1 Å². The molecule has 11 heteroatoms. The van der Waals surface area contributed by atoms with Crippen molar-refractivity contribution in [3.8, 4) is 0 Å². The Hall–Kier alpha value is -1.60. The number of sulfonamides is 1. The lowest BCUT2D eigenvalue weighted by Crippen LogP contribution is -2.42. The van der Waals surface area contributed by atoms with E-state index in [0.717, 1.165) is 5.56 Å². The summed E-state index contributed by atoms with van der Waals surface area (Å²) in [5.74, 6) is 0.634. The molecule has 5 N–H and O–H groups in total. The molecule has 0 unspecified atom stereocenters. The average Bonchev–Trinajstić information content (AvgIpc) is 2.56. The van der Waals surface area contributed by atoms with Crippen LogP contribution in [0.1, 0.15) is 33.3 Å². The molecule has 1 aromatic carbocycles. The summed E-state index contributed by atoms with van der Waals surface area (Å²) < 4.78 is 27.7. The minimum absolute atomic E-state index is 0. The molecule has 0 spiro atoms. The van der Waals surface area contributed by atoms with E-state index in [4.69, 9.17) is 9.88 Å². The van der Waals surface area contributed by atoms with Crippen LogP contribution >= 0.6 is 24.0 Å². The highest BCUT2D eigenvalue weighted by atomic mass is 127. The van der Waals surface area contributed by atoms with Crippen molar-refractivity contribution in [2.24, 2.45) is 10.1 Å². The maximum absolute atomic E-state index is 11.6. The molecule has 0 aliphatic heterocycles. The number of primary sulfonamides is 1. The second-order valence-electron chi connectivity index (χ2n) is 7.06. The second kappa shape index (κ2) is 12.9. The van der Waals surface area contributed by atoms with Crippen LogP contribution in [-0.4, -0.2) is 52.3 Å². The first-order valence-corrected chi connectivity index (χ1v) is 10.7. The molecule has 0 saturated carbocycles. The zero-order valence-electron chi connectivity index (χ0n) is 17.3.